The highest BCUT2D eigenvalue weighted by molar-refractivity contribution is 5.95. The minimum Gasteiger partial charge on any atom is -0.388 e. The van der Waals surface area contributed by atoms with Gasteiger partial charge in [0.25, 0.3) is 0 Å². The molecule has 0 aliphatic heterocycles. The number of aliphatic hydroxyl groups is 2. The van der Waals surface area contributed by atoms with Crippen LogP contribution in [0.3, 0.4) is 0 Å². The number of hydrogen-bond acceptors (Lipinski definition) is 6. The predicted octanol–water partition coefficient (Wildman–Crippen LogP) is 1.61. The summed E-state index contributed by atoms with van der Waals surface area (Å²) in [6.45, 7) is 3.19. The number of aliphatic hydroxyl groups excluding tert-OH is 1. The molecule has 0 spiro atoms. The van der Waals surface area contributed by atoms with Gasteiger partial charge in [-0.3, -0.25) is 14.4 Å². The molecule has 0 heterocycles. The van der Waals surface area contributed by atoms with Crippen molar-refractivity contribution < 1.29 is 29.3 Å². The van der Waals surface area contributed by atoms with Crippen molar-refractivity contribution in [1.29, 1.82) is 0 Å². The van der Waals surface area contributed by atoms with Crippen LogP contribution in [0.4, 0.5) is 0 Å². The summed E-state index contributed by atoms with van der Waals surface area (Å²) in [6.07, 6.45) is 4.24. The Morgan fingerprint density at radius 2 is 2.00 bits per heavy atom. The molecule has 0 amide bonds. The number of rotatable bonds is 3. The Bertz CT molecular complexity index is 771. The van der Waals surface area contributed by atoms with Gasteiger partial charge in [0.05, 0.1) is 6.10 Å². The van der Waals surface area contributed by atoms with E-state index in [1.165, 1.54) is 0 Å². The van der Waals surface area contributed by atoms with Gasteiger partial charge in [-0.15, -0.1) is 0 Å². The van der Waals surface area contributed by atoms with Gasteiger partial charge in [-0.1, -0.05) is 19.4 Å². The van der Waals surface area contributed by atoms with E-state index in [4.69, 9.17) is 4.74 Å². The molecule has 4 aliphatic carbocycles. The molecule has 3 fully saturated rings. The first-order chi connectivity index (χ1) is 13.1. The number of methoxy groups -OCH3 is 1. The van der Waals surface area contributed by atoms with Crippen molar-refractivity contribution in [2.24, 2.45) is 28.6 Å². The van der Waals surface area contributed by atoms with Crippen LogP contribution in [0.25, 0.3) is 0 Å². The zero-order valence-electron chi connectivity index (χ0n) is 16.9. The summed E-state index contributed by atoms with van der Waals surface area (Å²) < 4.78 is 5.71. The molecule has 0 bridgehead atoms. The Morgan fingerprint density at radius 1 is 1.29 bits per heavy atom. The molecule has 0 radical (unpaired) electrons. The second-order valence-corrected chi connectivity index (χ2v) is 9.67. The van der Waals surface area contributed by atoms with E-state index in [0.717, 1.165) is 18.4 Å². The van der Waals surface area contributed by atoms with Gasteiger partial charge < -0.3 is 14.9 Å². The maximum absolute atomic E-state index is 13.5. The van der Waals surface area contributed by atoms with E-state index in [2.05, 4.69) is 6.92 Å². The number of carbonyl (C=O) groups excluding carboxylic acids is 3. The van der Waals surface area contributed by atoms with Crippen molar-refractivity contribution in [2.75, 3.05) is 13.7 Å². The first-order valence-electron chi connectivity index (χ1n) is 10.3. The van der Waals surface area contributed by atoms with Crippen molar-refractivity contribution in [3.05, 3.63) is 11.6 Å². The van der Waals surface area contributed by atoms with Crippen LogP contribution in [-0.2, 0) is 19.1 Å². The molecular formula is C22H30O6. The summed E-state index contributed by atoms with van der Waals surface area (Å²) >= 11 is 0. The van der Waals surface area contributed by atoms with Crippen LogP contribution in [0.2, 0.25) is 0 Å². The fourth-order valence-electron chi connectivity index (χ4n) is 7.32. The fourth-order valence-corrected chi connectivity index (χ4v) is 7.32. The lowest BCUT2D eigenvalue weighted by molar-refractivity contribution is -0.175. The zero-order valence-corrected chi connectivity index (χ0v) is 16.9. The third-order valence-electron chi connectivity index (χ3n) is 8.78. The maximum Gasteiger partial charge on any atom is 0.190 e. The molecule has 6 nitrogen and oxygen atoms in total. The molecule has 154 valence electrons. The van der Waals surface area contributed by atoms with Crippen LogP contribution in [0.15, 0.2) is 11.6 Å². The topological polar surface area (TPSA) is 101 Å². The van der Waals surface area contributed by atoms with E-state index in [0.29, 0.717) is 6.42 Å². The monoisotopic (exact) mass is 390 g/mol. The summed E-state index contributed by atoms with van der Waals surface area (Å²) in [5.74, 6) is -0.683. The van der Waals surface area contributed by atoms with Crippen molar-refractivity contribution in [2.45, 2.75) is 64.1 Å². The molecule has 0 aromatic rings. The number of hydrogen-bond donors (Lipinski definition) is 2. The molecular weight excluding hydrogens is 360 g/mol. The molecule has 4 rings (SSSR count). The molecule has 28 heavy (non-hydrogen) atoms. The summed E-state index contributed by atoms with van der Waals surface area (Å²) in [7, 11) is 1.60. The van der Waals surface area contributed by atoms with Crippen LogP contribution in [0.5, 0.6) is 0 Å². The number of ether oxygens (including phenoxy) is 1. The van der Waals surface area contributed by atoms with Gasteiger partial charge in [-0.25, -0.2) is 0 Å². The van der Waals surface area contributed by atoms with Crippen molar-refractivity contribution in [1.82, 2.24) is 0 Å². The van der Waals surface area contributed by atoms with Crippen molar-refractivity contribution in [3.8, 4) is 0 Å². The fraction of sp³-hybridized carbons (Fsp3) is 0.773. The summed E-state index contributed by atoms with van der Waals surface area (Å²) in [6, 6.07) is 0. The van der Waals surface area contributed by atoms with Crippen molar-refractivity contribution in [3.63, 3.8) is 0 Å². The normalized spacial score (nSPS) is 47.8. The zero-order chi connectivity index (χ0) is 20.5. The predicted molar refractivity (Wildman–Crippen MR) is 100 cm³/mol. The van der Waals surface area contributed by atoms with Gasteiger partial charge in [-0.2, -0.15) is 0 Å². The molecule has 0 aromatic heterocycles. The van der Waals surface area contributed by atoms with Gasteiger partial charge in [0.1, 0.15) is 18.0 Å². The quantitative estimate of drug-likeness (QED) is 0.759. The third kappa shape index (κ3) is 2.28. The minimum absolute atomic E-state index is 0.0317. The Morgan fingerprint density at radius 3 is 2.64 bits per heavy atom. The van der Waals surface area contributed by atoms with E-state index in [1.807, 2.05) is 6.92 Å². The molecule has 2 N–H and O–H groups in total. The highest BCUT2D eigenvalue weighted by Gasteiger charge is 2.69. The molecule has 4 aliphatic rings. The Balaban J connectivity index is 1.78. The molecule has 6 heteroatoms. The summed E-state index contributed by atoms with van der Waals surface area (Å²) in [5, 5.41) is 20.6. The van der Waals surface area contributed by atoms with Gasteiger partial charge in [0, 0.05) is 36.7 Å². The van der Waals surface area contributed by atoms with Crippen LogP contribution in [0.1, 0.15) is 52.4 Å². The van der Waals surface area contributed by atoms with Crippen LogP contribution < -0.4 is 0 Å². The van der Waals surface area contributed by atoms with Crippen molar-refractivity contribution >= 4 is 17.3 Å². The summed E-state index contributed by atoms with van der Waals surface area (Å²) in [4.78, 5) is 38.1. The third-order valence-corrected chi connectivity index (χ3v) is 8.78. The molecule has 3 saturated carbocycles. The number of ketones is 3. The first kappa shape index (κ1) is 19.9. The lowest BCUT2D eigenvalue weighted by Gasteiger charge is -2.59. The highest BCUT2D eigenvalue weighted by atomic mass is 16.5. The molecule has 0 aromatic carbocycles. The lowest BCUT2D eigenvalue weighted by Crippen LogP contribution is -2.62. The molecule has 7 atom stereocenters. The van der Waals surface area contributed by atoms with E-state index < -0.39 is 28.8 Å². The standard InChI is InChI=1S/C22H30O6/c1-20-10-16(25)19-14(15(20)6-7-22(20,27)17(26)11-23)5-4-12-8-13(24)9-18(28-3)21(12,19)2/h8,14-15,18-19,23,27H,4-7,9-11H2,1-3H3/t14-,15-,18+,19+,20-,21+,22-/m0/s1. The SMILES string of the molecule is CO[C@@H]1CC(=O)C=C2CC[C@@H]3[C@H](C(=O)C[C@@]4(C)[C@H]3CC[C@]4(O)C(=O)CO)[C@]21C. The average Bonchev–Trinajstić information content (AvgIpc) is 2.92. The minimum atomic E-state index is -1.65. The first-order valence-corrected chi connectivity index (χ1v) is 10.3. The Hall–Kier alpha value is -1.37. The molecule has 0 saturated heterocycles. The number of carbonyl (C=O) groups is 3. The van der Waals surface area contributed by atoms with Crippen LogP contribution >= 0.6 is 0 Å². The van der Waals surface area contributed by atoms with E-state index in [-0.39, 0.29) is 54.7 Å². The van der Waals surface area contributed by atoms with Gasteiger partial charge >= 0.3 is 0 Å². The van der Waals surface area contributed by atoms with E-state index in [9.17, 15) is 24.6 Å². The second kappa shape index (κ2) is 6.31. The maximum atomic E-state index is 13.5. The Labute approximate surface area is 165 Å². The number of Topliss-reactive ketones (excluding diaryl/α,β-unsaturated/α-hetero) is 2. The van der Waals surface area contributed by atoms with Gasteiger partial charge in [0.2, 0.25) is 0 Å². The molecule has 0 unspecified atom stereocenters. The number of fused-ring (bicyclic) bond motifs is 5. The largest absolute Gasteiger partial charge is 0.388 e. The Kier molecular flexibility index (Phi) is 4.49. The smallest absolute Gasteiger partial charge is 0.190 e. The van der Waals surface area contributed by atoms with Gasteiger partial charge in [0.15, 0.2) is 11.6 Å². The lowest BCUT2D eigenvalue weighted by atomic mass is 9.45. The summed E-state index contributed by atoms with van der Waals surface area (Å²) in [5.41, 5.74) is -2.01. The van der Waals surface area contributed by atoms with E-state index in [1.54, 1.807) is 13.2 Å². The van der Waals surface area contributed by atoms with E-state index >= 15 is 0 Å². The van der Waals surface area contributed by atoms with Gasteiger partial charge in [-0.05, 0) is 43.6 Å². The second-order valence-electron chi connectivity index (χ2n) is 9.67. The highest BCUT2D eigenvalue weighted by Crippen LogP contribution is 2.66. The van der Waals surface area contributed by atoms with Crippen LogP contribution in [0, 0.1) is 28.6 Å². The van der Waals surface area contributed by atoms with Crippen LogP contribution in [-0.4, -0.2) is 53.0 Å². The average molecular weight is 390 g/mol.